The quantitative estimate of drug-likeness (QED) is 0.797. The highest BCUT2D eigenvalue weighted by molar-refractivity contribution is 6.00. The molecule has 0 aromatic heterocycles. The Kier molecular flexibility index (Phi) is 4.54. The maximum Gasteiger partial charge on any atom is 0.416 e. The average Bonchev–Trinajstić information content (AvgIpc) is 2.47. The van der Waals surface area contributed by atoms with Gasteiger partial charge in [-0.05, 0) is 42.5 Å². The van der Waals surface area contributed by atoms with E-state index >= 15 is 0 Å². The van der Waals surface area contributed by atoms with Crippen molar-refractivity contribution >= 4 is 23.4 Å². The van der Waals surface area contributed by atoms with Gasteiger partial charge in [0.2, 0.25) is 0 Å². The van der Waals surface area contributed by atoms with Gasteiger partial charge < -0.3 is 15.7 Å². The van der Waals surface area contributed by atoms with Crippen LogP contribution in [0.15, 0.2) is 48.5 Å². The molecule has 0 aliphatic carbocycles. The topological polar surface area (TPSA) is 78.4 Å². The number of benzene rings is 2. The summed E-state index contributed by atoms with van der Waals surface area (Å²) in [6.45, 7) is 0. The number of nitrogens with one attached hydrogen (secondary N) is 2. The smallest absolute Gasteiger partial charge is 0.416 e. The van der Waals surface area contributed by atoms with Crippen molar-refractivity contribution in [2.45, 2.75) is 6.18 Å². The molecule has 2 aromatic rings. The summed E-state index contributed by atoms with van der Waals surface area (Å²) in [6.07, 6.45) is -4.50. The second-order valence-corrected chi connectivity index (χ2v) is 4.54. The van der Waals surface area contributed by atoms with Crippen molar-refractivity contribution < 1.29 is 27.9 Å². The second-order valence-electron chi connectivity index (χ2n) is 4.54. The number of alkyl halides is 3. The van der Waals surface area contributed by atoms with Gasteiger partial charge in [0.25, 0.3) is 0 Å². The zero-order valence-electron chi connectivity index (χ0n) is 11.5. The first kappa shape index (κ1) is 16.3. The van der Waals surface area contributed by atoms with Crippen LogP contribution in [-0.2, 0) is 6.18 Å². The van der Waals surface area contributed by atoms with Crippen LogP contribution in [0.4, 0.5) is 29.3 Å². The minimum Gasteiger partial charge on any atom is -0.478 e. The Morgan fingerprint density at radius 2 is 1.52 bits per heavy atom. The number of anilines is 2. The number of urea groups is 1. The van der Waals surface area contributed by atoms with Gasteiger partial charge in [-0.2, -0.15) is 13.2 Å². The van der Waals surface area contributed by atoms with Gasteiger partial charge in [-0.25, -0.2) is 9.59 Å². The number of halogens is 3. The molecule has 0 spiro atoms. The van der Waals surface area contributed by atoms with Crippen LogP contribution in [0.1, 0.15) is 15.9 Å². The molecule has 0 bridgehead atoms. The Bertz CT molecular complexity index is 727. The summed E-state index contributed by atoms with van der Waals surface area (Å²) >= 11 is 0. The summed E-state index contributed by atoms with van der Waals surface area (Å²) in [7, 11) is 0. The molecule has 0 radical (unpaired) electrons. The summed E-state index contributed by atoms with van der Waals surface area (Å²) in [6, 6.07) is 8.80. The van der Waals surface area contributed by atoms with Crippen LogP contribution in [0.5, 0.6) is 0 Å². The third-order valence-electron chi connectivity index (χ3n) is 2.84. The molecule has 0 atom stereocenters. The molecule has 0 fully saturated rings. The van der Waals surface area contributed by atoms with E-state index in [1.165, 1.54) is 36.4 Å². The van der Waals surface area contributed by atoms with Gasteiger partial charge in [-0.15, -0.1) is 0 Å². The normalized spacial score (nSPS) is 10.9. The molecule has 2 rings (SSSR count). The zero-order valence-corrected chi connectivity index (χ0v) is 11.5. The number of hydrogen-bond acceptors (Lipinski definition) is 2. The molecule has 0 heterocycles. The largest absolute Gasteiger partial charge is 0.478 e. The van der Waals surface area contributed by atoms with Gasteiger partial charge in [-0.1, -0.05) is 6.07 Å². The van der Waals surface area contributed by atoms with Gasteiger partial charge in [0.05, 0.1) is 11.1 Å². The lowest BCUT2D eigenvalue weighted by molar-refractivity contribution is -0.137. The van der Waals surface area contributed by atoms with E-state index in [2.05, 4.69) is 10.6 Å². The summed E-state index contributed by atoms with van der Waals surface area (Å²) in [4.78, 5) is 22.4. The number of carboxylic acids is 1. The summed E-state index contributed by atoms with van der Waals surface area (Å²) in [5.41, 5.74) is -0.533. The number of amides is 2. The molecule has 0 aliphatic heterocycles. The lowest BCUT2D eigenvalue weighted by Gasteiger charge is -2.11. The monoisotopic (exact) mass is 324 g/mol. The van der Waals surface area contributed by atoms with Crippen LogP contribution in [0, 0.1) is 0 Å². The average molecular weight is 324 g/mol. The van der Waals surface area contributed by atoms with E-state index in [9.17, 15) is 22.8 Å². The van der Waals surface area contributed by atoms with Crippen molar-refractivity contribution in [3.8, 4) is 0 Å². The fourth-order valence-corrected chi connectivity index (χ4v) is 1.76. The molecular weight excluding hydrogens is 313 g/mol. The van der Waals surface area contributed by atoms with Crippen LogP contribution >= 0.6 is 0 Å². The highest BCUT2D eigenvalue weighted by Gasteiger charge is 2.30. The van der Waals surface area contributed by atoms with Crippen LogP contribution in [-0.4, -0.2) is 17.1 Å². The maximum absolute atomic E-state index is 12.6. The molecule has 5 nitrogen and oxygen atoms in total. The van der Waals surface area contributed by atoms with E-state index in [0.717, 1.165) is 12.1 Å². The molecule has 23 heavy (non-hydrogen) atoms. The molecule has 8 heteroatoms. The van der Waals surface area contributed by atoms with Gasteiger partial charge in [0.1, 0.15) is 0 Å². The molecule has 3 N–H and O–H groups in total. The zero-order chi connectivity index (χ0) is 17.0. The van der Waals surface area contributed by atoms with E-state index in [-0.39, 0.29) is 11.3 Å². The Hall–Kier alpha value is -3.03. The van der Waals surface area contributed by atoms with Crippen molar-refractivity contribution in [3.63, 3.8) is 0 Å². The minimum absolute atomic E-state index is 0.0144. The highest BCUT2D eigenvalue weighted by Crippen LogP contribution is 2.30. The SMILES string of the molecule is O=C(Nc1ccc(C(=O)O)cc1)Nc1cccc(C(F)(F)F)c1. The summed E-state index contributed by atoms with van der Waals surface area (Å²) < 4.78 is 37.7. The molecule has 0 aliphatic rings. The molecule has 0 saturated carbocycles. The molecule has 0 unspecified atom stereocenters. The number of carbonyl (C=O) groups excluding carboxylic acids is 1. The first-order valence-electron chi connectivity index (χ1n) is 6.34. The maximum atomic E-state index is 12.6. The molecular formula is C15H11F3N2O3. The Morgan fingerprint density at radius 1 is 0.913 bits per heavy atom. The van der Waals surface area contributed by atoms with E-state index in [4.69, 9.17) is 5.11 Å². The van der Waals surface area contributed by atoms with Crippen LogP contribution in [0.3, 0.4) is 0 Å². The number of aromatic carboxylic acids is 1. The fourth-order valence-electron chi connectivity index (χ4n) is 1.76. The molecule has 120 valence electrons. The Labute approximate surface area is 128 Å². The first-order valence-corrected chi connectivity index (χ1v) is 6.34. The Balaban J connectivity index is 2.03. The van der Waals surface area contributed by atoms with Crippen molar-refractivity contribution in [1.82, 2.24) is 0 Å². The van der Waals surface area contributed by atoms with Crippen LogP contribution in [0.25, 0.3) is 0 Å². The number of rotatable bonds is 3. The van der Waals surface area contributed by atoms with Gasteiger partial charge in [0.15, 0.2) is 0 Å². The molecule has 2 amide bonds. The number of carbonyl (C=O) groups is 2. The van der Waals surface area contributed by atoms with Crippen LogP contribution in [0.2, 0.25) is 0 Å². The van der Waals surface area contributed by atoms with E-state index < -0.39 is 23.7 Å². The van der Waals surface area contributed by atoms with Gasteiger partial charge in [-0.3, -0.25) is 0 Å². The third kappa shape index (κ3) is 4.47. The van der Waals surface area contributed by atoms with E-state index in [1.807, 2.05) is 0 Å². The van der Waals surface area contributed by atoms with E-state index in [1.54, 1.807) is 0 Å². The highest BCUT2D eigenvalue weighted by atomic mass is 19.4. The van der Waals surface area contributed by atoms with E-state index in [0.29, 0.717) is 5.69 Å². The van der Waals surface area contributed by atoms with Crippen molar-refractivity contribution in [2.75, 3.05) is 10.6 Å². The van der Waals surface area contributed by atoms with Gasteiger partial charge >= 0.3 is 18.2 Å². The summed E-state index contributed by atoms with van der Waals surface area (Å²) in [5.74, 6) is -1.11. The molecule has 2 aromatic carbocycles. The molecule has 0 saturated heterocycles. The number of hydrogen-bond donors (Lipinski definition) is 3. The summed E-state index contributed by atoms with van der Waals surface area (Å²) in [5, 5.41) is 13.4. The lowest BCUT2D eigenvalue weighted by atomic mass is 10.2. The van der Waals surface area contributed by atoms with Crippen molar-refractivity contribution in [3.05, 3.63) is 59.7 Å². The lowest BCUT2D eigenvalue weighted by Crippen LogP contribution is -2.19. The van der Waals surface area contributed by atoms with Crippen molar-refractivity contribution in [2.24, 2.45) is 0 Å². The predicted molar refractivity (Wildman–Crippen MR) is 77.5 cm³/mol. The van der Waals surface area contributed by atoms with Gasteiger partial charge in [0, 0.05) is 11.4 Å². The standard InChI is InChI=1S/C15H11F3N2O3/c16-15(17,18)10-2-1-3-12(8-10)20-14(23)19-11-6-4-9(5-7-11)13(21)22/h1-8H,(H,21,22)(H2,19,20,23). The van der Waals surface area contributed by atoms with Crippen molar-refractivity contribution in [1.29, 1.82) is 0 Å². The third-order valence-corrected chi connectivity index (χ3v) is 2.84. The first-order chi connectivity index (χ1) is 10.8. The number of carboxylic acid groups (broad SMARTS) is 1. The minimum atomic E-state index is -4.50. The predicted octanol–water partition coefficient (Wildman–Crippen LogP) is 4.05. The Morgan fingerprint density at radius 3 is 2.09 bits per heavy atom. The second kappa shape index (κ2) is 6.39. The van der Waals surface area contributed by atoms with Crippen LogP contribution < -0.4 is 10.6 Å². The fraction of sp³-hybridized carbons (Fsp3) is 0.0667.